The summed E-state index contributed by atoms with van der Waals surface area (Å²) in [4.78, 5) is 36.1. The molecule has 2 amide bonds. The third-order valence-electron chi connectivity index (χ3n) is 3.82. The first-order valence-electron chi connectivity index (χ1n) is 9.45. The Kier molecular flexibility index (Phi) is 7.35. The molecule has 0 spiro atoms. The molecule has 0 aliphatic heterocycles. The molecule has 2 aromatic carbocycles. The van der Waals surface area contributed by atoms with Gasteiger partial charge in [-0.15, -0.1) is 0 Å². The average molecular weight is 473 g/mol. The number of hydrogen-bond acceptors (Lipinski definition) is 10. The van der Waals surface area contributed by atoms with E-state index >= 15 is 0 Å². The molecule has 3 rings (SSSR count). The minimum absolute atomic E-state index is 0.0552. The second-order valence-corrected chi connectivity index (χ2v) is 7.46. The molecule has 13 heteroatoms. The van der Waals surface area contributed by atoms with Gasteiger partial charge in [-0.3, -0.25) is 5.32 Å². The topological polar surface area (TPSA) is 159 Å². The van der Waals surface area contributed by atoms with E-state index in [9.17, 15) is 18.0 Å². The summed E-state index contributed by atoms with van der Waals surface area (Å²) in [6, 6.07) is 12.8. The average Bonchev–Trinajstić information content (AvgIpc) is 2.78. The molecule has 172 valence electrons. The Morgan fingerprint density at radius 3 is 2.45 bits per heavy atom. The Morgan fingerprint density at radius 2 is 1.76 bits per heavy atom. The van der Waals surface area contributed by atoms with E-state index in [1.165, 1.54) is 25.3 Å². The van der Waals surface area contributed by atoms with E-state index in [4.69, 9.17) is 8.92 Å². The zero-order valence-electron chi connectivity index (χ0n) is 17.5. The van der Waals surface area contributed by atoms with Gasteiger partial charge in [0.15, 0.2) is 5.82 Å². The molecule has 0 radical (unpaired) electrons. The highest BCUT2D eigenvalue weighted by Crippen LogP contribution is 2.19. The second-order valence-electron chi connectivity index (χ2n) is 6.18. The van der Waals surface area contributed by atoms with Crippen LogP contribution in [0.5, 0.6) is 11.8 Å². The van der Waals surface area contributed by atoms with Gasteiger partial charge >= 0.3 is 28.3 Å². The zero-order valence-corrected chi connectivity index (χ0v) is 18.3. The number of esters is 1. The Bertz CT molecular complexity index is 1250. The van der Waals surface area contributed by atoms with Gasteiger partial charge in [-0.2, -0.15) is 23.4 Å². The molecule has 0 saturated carbocycles. The van der Waals surface area contributed by atoms with Crippen LogP contribution < -0.4 is 19.0 Å². The van der Waals surface area contributed by atoms with Gasteiger partial charge in [0.05, 0.1) is 19.3 Å². The van der Waals surface area contributed by atoms with Gasteiger partial charge < -0.3 is 13.7 Å². The fraction of sp³-hybridized carbons (Fsp3) is 0.150. The van der Waals surface area contributed by atoms with Crippen LogP contribution in [0.3, 0.4) is 0 Å². The number of nitrogens with one attached hydrogen (secondary N) is 2. The van der Waals surface area contributed by atoms with E-state index < -0.39 is 22.3 Å². The third-order valence-corrected chi connectivity index (χ3v) is 4.67. The number of hydrogen-bond donors (Lipinski definition) is 2. The summed E-state index contributed by atoms with van der Waals surface area (Å²) in [6.45, 7) is 1.99. The zero-order chi connectivity index (χ0) is 23.8. The van der Waals surface area contributed by atoms with Crippen molar-refractivity contribution in [3.05, 3.63) is 60.2 Å². The number of ether oxygens (including phenoxy) is 2. The SMILES string of the molecule is CCOc1nc(NC(=O)NS(=O)(=O)Oc2cccc(C(=O)OC)c2)nc(-c2ccccc2)n1. The van der Waals surface area contributed by atoms with Crippen molar-refractivity contribution < 1.29 is 31.7 Å². The van der Waals surface area contributed by atoms with Crippen LogP contribution in [0.4, 0.5) is 10.7 Å². The van der Waals surface area contributed by atoms with Crippen LogP contribution in [0.15, 0.2) is 54.6 Å². The molecule has 3 aromatic rings. The van der Waals surface area contributed by atoms with Gasteiger partial charge in [-0.25, -0.2) is 14.3 Å². The number of amides is 2. The predicted octanol–water partition coefficient (Wildman–Crippen LogP) is 2.17. The quantitative estimate of drug-likeness (QED) is 0.464. The Morgan fingerprint density at radius 1 is 1.00 bits per heavy atom. The van der Waals surface area contributed by atoms with Crippen LogP contribution in [0.25, 0.3) is 11.4 Å². The van der Waals surface area contributed by atoms with E-state index in [0.29, 0.717) is 5.56 Å². The first-order valence-corrected chi connectivity index (χ1v) is 10.9. The summed E-state index contributed by atoms with van der Waals surface area (Å²) < 4.78 is 40.8. The molecule has 0 atom stereocenters. The van der Waals surface area contributed by atoms with Gasteiger partial charge in [0.2, 0.25) is 5.95 Å². The van der Waals surface area contributed by atoms with Crippen molar-refractivity contribution in [3.63, 3.8) is 0 Å². The summed E-state index contributed by atoms with van der Waals surface area (Å²) in [5, 5.41) is 2.21. The molecule has 1 aromatic heterocycles. The summed E-state index contributed by atoms with van der Waals surface area (Å²) >= 11 is 0. The lowest BCUT2D eigenvalue weighted by Crippen LogP contribution is -2.37. The molecule has 2 N–H and O–H groups in total. The fourth-order valence-electron chi connectivity index (χ4n) is 2.50. The highest BCUT2D eigenvalue weighted by atomic mass is 32.2. The van der Waals surface area contributed by atoms with Crippen molar-refractivity contribution >= 4 is 28.3 Å². The Balaban J connectivity index is 1.74. The van der Waals surface area contributed by atoms with Gasteiger partial charge in [-0.1, -0.05) is 36.4 Å². The van der Waals surface area contributed by atoms with Gasteiger partial charge in [0.1, 0.15) is 5.75 Å². The van der Waals surface area contributed by atoms with E-state index in [1.807, 2.05) is 6.07 Å². The van der Waals surface area contributed by atoms with Crippen molar-refractivity contribution in [2.75, 3.05) is 19.0 Å². The van der Waals surface area contributed by atoms with E-state index in [0.717, 1.165) is 6.07 Å². The largest absolute Gasteiger partial charge is 0.465 e. The summed E-state index contributed by atoms with van der Waals surface area (Å²) in [5.74, 6) is -0.920. The molecule has 0 aliphatic carbocycles. The summed E-state index contributed by atoms with van der Waals surface area (Å²) in [7, 11) is -3.42. The lowest BCUT2D eigenvalue weighted by Gasteiger charge is -2.11. The van der Waals surface area contributed by atoms with Crippen LogP contribution in [-0.2, 0) is 15.0 Å². The molecule has 33 heavy (non-hydrogen) atoms. The van der Waals surface area contributed by atoms with Gasteiger partial charge in [-0.05, 0) is 25.1 Å². The van der Waals surface area contributed by atoms with Gasteiger partial charge in [0.25, 0.3) is 0 Å². The molecule has 12 nitrogen and oxygen atoms in total. The first kappa shape index (κ1) is 23.4. The van der Waals surface area contributed by atoms with Crippen LogP contribution >= 0.6 is 0 Å². The second kappa shape index (κ2) is 10.4. The number of urea groups is 1. The number of methoxy groups -OCH3 is 1. The molecular weight excluding hydrogens is 454 g/mol. The maximum Gasteiger partial charge on any atom is 0.411 e. The van der Waals surface area contributed by atoms with E-state index in [2.05, 4.69) is 25.0 Å². The predicted molar refractivity (Wildman–Crippen MR) is 116 cm³/mol. The molecule has 1 heterocycles. The lowest BCUT2D eigenvalue weighted by molar-refractivity contribution is 0.0600. The van der Waals surface area contributed by atoms with Crippen molar-refractivity contribution in [1.29, 1.82) is 0 Å². The molecule has 0 fully saturated rings. The molecule has 0 aliphatic rings. The number of rotatable bonds is 8. The number of benzene rings is 2. The molecular formula is C20H19N5O7S. The highest BCUT2D eigenvalue weighted by Gasteiger charge is 2.20. The number of anilines is 1. The van der Waals surface area contributed by atoms with E-state index in [1.54, 1.807) is 35.9 Å². The van der Waals surface area contributed by atoms with Crippen molar-refractivity contribution in [3.8, 4) is 23.1 Å². The number of carbonyl (C=O) groups excluding carboxylic acids is 2. The molecule has 0 bridgehead atoms. The molecule has 0 saturated heterocycles. The minimum atomic E-state index is -4.60. The van der Waals surface area contributed by atoms with Gasteiger partial charge in [0, 0.05) is 5.56 Å². The lowest BCUT2D eigenvalue weighted by atomic mass is 10.2. The Hall–Kier alpha value is -4.26. The highest BCUT2D eigenvalue weighted by molar-refractivity contribution is 7.85. The smallest absolute Gasteiger partial charge is 0.411 e. The molecule has 0 unspecified atom stereocenters. The van der Waals surface area contributed by atoms with Crippen molar-refractivity contribution in [2.24, 2.45) is 0 Å². The maximum absolute atomic E-state index is 12.3. The van der Waals surface area contributed by atoms with Crippen LogP contribution in [0.2, 0.25) is 0 Å². The number of nitrogens with zero attached hydrogens (tertiary/aromatic N) is 3. The fourth-order valence-corrected chi connectivity index (χ4v) is 3.18. The van der Waals surface area contributed by atoms with Crippen LogP contribution in [-0.4, -0.2) is 49.1 Å². The number of aromatic nitrogens is 3. The third kappa shape index (κ3) is 6.61. The normalized spacial score (nSPS) is 10.7. The van der Waals surface area contributed by atoms with Crippen molar-refractivity contribution in [1.82, 2.24) is 19.7 Å². The number of carbonyl (C=O) groups is 2. The Labute approximate surface area is 189 Å². The maximum atomic E-state index is 12.3. The van der Waals surface area contributed by atoms with Crippen molar-refractivity contribution in [2.45, 2.75) is 6.92 Å². The summed E-state index contributed by atoms with van der Waals surface area (Å²) in [6.07, 6.45) is 0. The monoisotopic (exact) mass is 473 g/mol. The van der Waals surface area contributed by atoms with Crippen LogP contribution in [0.1, 0.15) is 17.3 Å². The van der Waals surface area contributed by atoms with E-state index in [-0.39, 0.29) is 35.7 Å². The first-order chi connectivity index (χ1) is 15.8. The van der Waals surface area contributed by atoms with Crippen LogP contribution in [0, 0.1) is 0 Å². The minimum Gasteiger partial charge on any atom is -0.465 e. The summed E-state index contributed by atoms with van der Waals surface area (Å²) in [5.41, 5.74) is 0.697. The standard InChI is InChI=1S/C20H19N5O7S/c1-3-31-20-22-16(13-8-5-4-6-9-13)21-18(24-20)23-19(27)25-33(28,29)32-15-11-7-10-14(12-15)17(26)30-2/h4-12H,3H2,1-2H3,(H2,21,22,23,24,25,27).